The van der Waals surface area contributed by atoms with Crippen LogP contribution in [-0.2, 0) is 14.3 Å². The van der Waals surface area contributed by atoms with Crippen molar-refractivity contribution in [2.24, 2.45) is 5.92 Å². The lowest BCUT2D eigenvalue weighted by molar-refractivity contribution is -0.144. The van der Waals surface area contributed by atoms with E-state index < -0.39 is 17.8 Å². The number of nitrogens with one attached hydrogen (secondary N) is 1. The summed E-state index contributed by atoms with van der Waals surface area (Å²) in [4.78, 5) is 25.1. The van der Waals surface area contributed by atoms with Gasteiger partial charge >= 0.3 is 5.97 Å². The van der Waals surface area contributed by atoms with Crippen LogP contribution < -0.4 is 10.1 Å². The Morgan fingerprint density at radius 2 is 2.00 bits per heavy atom. The number of allylic oxidation sites excluding steroid dienone is 2. The summed E-state index contributed by atoms with van der Waals surface area (Å²) in [7, 11) is 2.93. The summed E-state index contributed by atoms with van der Waals surface area (Å²) < 4.78 is 10.5. The molecule has 0 saturated heterocycles. The highest BCUT2D eigenvalue weighted by Crippen LogP contribution is 2.46. The molecular weight excluding hydrogens is 306 g/mol. The maximum absolute atomic E-state index is 12.7. The van der Waals surface area contributed by atoms with Crippen LogP contribution in [0, 0.1) is 5.92 Å². The van der Waals surface area contributed by atoms with Gasteiger partial charge in [0.25, 0.3) is 0 Å². The Balaban J connectivity index is 2.22. The first-order valence-electron chi connectivity index (χ1n) is 8.01. The number of hydrogen-bond donors (Lipinski definition) is 1. The van der Waals surface area contributed by atoms with Gasteiger partial charge in [0.1, 0.15) is 11.7 Å². The zero-order chi connectivity index (χ0) is 17.3. The smallest absolute Gasteiger partial charge is 0.315 e. The van der Waals surface area contributed by atoms with E-state index in [9.17, 15) is 9.59 Å². The highest BCUT2D eigenvalue weighted by atomic mass is 16.5. The van der Waals surface area contributed by atoms with Crippen LogP contribution in [0.25, 0.3) is 0 Å². The first-order chi connectivity index (χ1) is 11.6. The van der Waals surface area contributed by atoms with Gasteiger partial charge in [0.05, 0.1) is 14.2 Å². The van der Waals surface area contributed by atoms with E-state index in [1.165, 1.54) is 7.11 Å². The van der Waals surface area contributed by atoms with Crippen LogP contribution in [0.15, 0.2) is 47.8 Å². The number of hydrogen-bond acceptors (Lipinski definition) is 5. The van der Waals surface area contributed by atoms with E-state index in [4.69, 9.17) is 9.47 Å². The van der Waals surface area contributed by atoms with Gasteiger partial charge in [0.15, 0.2) is 5.78 Å². The maximum Gasteiger partial charge on any atom is 0.315 e. The molecule has 0 amide bonds. The molecule has 2 atom stereocenters. The maximum atomic E-state index is 12.7. The summed E-state index contributed by atoms with van der Waals surface area (Å²) in [6.07, 6.45) is 2.08. The second-order valence-electron chi connectivity index (χ2n) is 6.04. The van der Waals surface area contributed by atoms with Gasteiger partial charge in [-0.1, -0.05) is 24.8 Å². The average molecular weight is 327 g/mol. The Bertz CT molecular complexity index is 735. The normalized spacial score (nSPS) is 23.4. The highest BCUT2D eigenvalue weighted by Gasteiger charge is 2.44. The van der Waals surface area contributed by atoms with Gasteiger partial charge in [-0.25, -0.2) is 0 Å². The standard InChI is InChI=1S/C19H21NO4/c1-11-16(19(22)24-3)17(12-7-4-5-10-15(12)23-2)18-13(20-11)8-6-9-14(18)21/h4-5,7,10,16-17,20H,1,6,8-9H2,2-3H3. The molecule has 1 aromatic rings. The molecule has 3 rings (SSSR count). The monoisotopic (exact) mass is 327 g/mol. The number of ketones is 1. The second kappa shape index (κ2) is 6.51. The van der Waals surface area contributed by atoms with Crippen molar-refractivity contribution in [1.29, 1.82) is 0 Å². The fraction of sp³-hybridized carbons (Fsp3) is 0.368. The van der Waals surface area contributed by atoms with Crippen LogP contribution in [0.4, 0.5) is 0 Å². The summed E-state index contributed by atoms with van der Waals surface area (Å²) >= 11 is 0. The van der Waals surface area contributed by atoms with Gasteiger partial charge in [0.2, 0.25) is 0 Å². The zero-order valence-corrected chi connectivity index (χ0v) is 13.9. The van der Waals surface area contributed by atoms with Crippen LogP contribution in [0.2, 0.25) is 0 Å². The molecule has 1 heterocycles. The van der Waals surface area contributed by atoms with Gasteiger partial charge in [-0.05, 0) is 18.9 Å². The molecule has 5 nitrogen and oxygen atoms in total. The number of carbonyl (C=O) groups excluding carboxylic acids is 2. The Kier molecular flexibility index (Phi) is 4.42. The fourth-order valence-corrected chi connectivity index (χ4v) is 3.66. The number of esters is 1. The van der Waals surface area contributed by atoms with Crippen molar-refractivity contribution in [3.8, 4) is 5.75 Å². The minimum absolute atomic E-state index is 0.0704. The molecule has 1 aliphatic carbocycles. The third-order valence-corrected chi connectivity index (χ3v) is 4.72. The summed E-state index contributed by atoms with van der Waals surface area (Å²) in [5.74, 6) is -0.789. The SMILES string of the molecule is C=C1NC2=C(C(=O)CCC2)C(c2ccccc2OC)C1C(=O)OC. The van der Waals surface area contributed by atoms with Gasteiger partial charge in [-0.2, -0.15) is 0 Å². The van der Waals surface area contributed by atoms with E-state index in [0.29, 0.717) is 23.4 Å². The van der Waals surface area contributed by atoms with Crippen LogP contribution in [0.3, 0.4) is 0 Å². The fourth-order valence-electron chi connectivity index (χ4n) is 3.66. The molecule has 1 aromatic carbocycles. The molecule has 5 heteroatoms. The van der Waals surface area contributed by atoms with Crippen LogP contribution >= 0.6 is 0 Å². The average Bonchev–Trinajstić information content (AvgIpc) is 2.60. The van der Waals surface area contributed by atoms with Gasteiger partial charge in [0, 0.05) is 34.9 Å². The number of ether oxygens (including phenoxy) is 2. The molecule has 0 bridgehead atoms. The first kappa shape index (κ1) is 16.3. The van der Waals surface area contributed by atoms with Crippen LogP contribution in [-0.4, -0.2) is 26.0 Å². The van der Waals surface area contributed by atoms with E-state index in [-0.39, 0.29) is 5.78 Å². The summed E-state index contributed by atoms with van der Waals surface area (Å²) in [6, 6.07) is 7.47. The molecule has 2 unspecified atom stereocenters. The van der Waals surface area contributed by atoms with E-state index in [1.807, 2.05) is 24.3 Å². The lowest BCUT2D eigenvalue weighted by Gasteiger charge is -2.38. The molecular formula is C19H21NO4. The van der Waals surface area contributed by atoms with Gasteiger partial charge in [-0.15, -0.1) is 0 Å². The Morgan fingerprint density at radius 3 is 2.71 bits per heavy atom. The lowest BCUT2D eigenvalue weighted by Crippen LogP contribution is -2.41. The van der Waals surface area contributed by atoms with Crippen molar-refractivity contribution in [2.75, 3.05) is 14.2 Å². The molecule has 1 aliphatic heterocycles. The Hall–Kier alpha value is -2.56. The number of Topliss-reactive ketones (excluding diaryl/α,β-unsaturated/α-hetero) is 1. The van der Waals surface area contributed by atoms with Crippen LogP contribution in [0.5, 0.6) is 5.75 Å². The van der Waals surface area contributed by atoms with Crippen LogP contribution in [0.1, 0.15) is 30.7 Å². The minimum Gasteiger partial charge on any atom is -0.496 e. The van der Waals surface area contributed by atoms with Crippen molar-refractivity contribution in [2.45, 2.75) is 25.2 Å². The Labute approximate surface area is 141 Å². The number of para-hydroxylation sites is 1. The van der Waals surface area contributed by atoms with E-state index in [2.05, 4.69) is 11.9 Å². The number of benzene rings is 1. The quantitative estimate of drug-likeness (QED) is 0.865. The van der Waals surface area contributed by atoms with E-state index in [1.54, 1.807) is 7.11 Å². The summed E-state index contributed by atoms with van der Waals surface area (Å²) in [5, 5.41) is 3.17. The Morgan fingerprint density at radius 1 is 1.25 bits per heavy atom. The minimum atomic E-state index is -0.660. The molecule has 0 fully saturated rings. The van der Waals surface area contributed by atoms with E-state index >= 15 is 0 Å². The molecule has 24 heavy (non-hydrogen) atoms. The summed E-state index contributed by atoms with van der Waals surface area (Å²) in [6.45, 7) is 4.01. The third-order valence-electron chi connectivity index (χ3n) is 4.72. The number of rotatable bonds is 3. The lowest BCUT2D eigenvalue weighted by atomic mass is 9.71. The number of carbonyl (C=O) groups is 2. The third kappa shape index (κ3) is 2.60. The molecule has 0 aromatic heterocycles. The first-order valence-corrected chi connectivity index (χ1v) is 8.01. The molecule has 0 radical (unpaired) electrons. The molecule has 1 N–H and O–H groups in total. The largest absolute Gasteiger partial charge is 0.496 e. The van der Waals surface area contributed by atoms with E-state index in [0.717, 1.165) is 24.1 Å². The summed E-state index contributed by atoms with van der Waals surface area (Å²) in [5.41, 5.74) is 2.90. The number of methoxy groups -OCH3 is 2. The van der Waals surface area contributed by atoms with Crippen molar-refractivity contribution in [3.63, 3.8) is 0 Å². The highest BCUT2D eigenvalue weighted by molar-refractivity contribution is 6.00. The predicted molar refractivity (Wildman–Crippen MR) is 89.4 cm³/mol. The van der Waals surface area contributed by atoms with Crippen molar-refractivity contribution in [1.82, 2.24) is 5.32 Å². The topological polar surface area (TPSA) is 64.6 Å². The van der Waals surface area contributed by atoms with Crippen molar-refractivity contribution < 1.29 is 19.1 Å². The zero-order valence-electron chi connectivity index (χ0n) is 13.9. The molecule has 0 spiro atoms. The molecule has 126 valence electrons. The molecule has 2 aliphatic rings. The van der Waals surface area contributed by atoms with Crippen molar-refractivity contribution in [3.05, 3.63) is 53.4 Å². The second-order valence-corrected chi connectivity index (χ2v) is 6.04. The van der Waals surface area contributed by atoms with Gasteiger partial charge < -0.3 is 14.8 Å². The molecule has 0 saturated carbocycles. The predicted octanol–water partition coefficient (Wildman–Crippen LogP) is 2.69. The van der Waals surface area contributed by atoms with Gasteiger partial charge in [-0.3, -0.25) is 9.59 Å². The van der Waals surface area contributed by atoms with Crippen molar-refractivity contribution >= 4 is 11.8 Å².